The molecule has 1 aliphatic carbocycles. The Morgan fingerprint density at radius 3 is 1.94 bits per heavy atom. The van der Waals surface area contributed by atoms with Crippen LogP contribution in [-0.4, -0.2) is 30.5 Å². The van der Waals surface area contributed by atoms with E-state index >= 15 is 0 Å². The van der Waals surface area contributed by atoms with Crippen molar-refractivity contribution in [3.63, 3.8) is 0 Å². The van der Waals surface area contributed by atoms with Crippen molar-refractivity contribution in [3.8, 4) is 0 Å². The molecule has 0 aliphatic heterocycles. The number of aliphatic hydroxyl groups excluding tert-OH is 1. The molecule has 0 aromatic rings. The zero-order valence-electron chi connectivity index (χ0n) is 12.9. The predicted octanol–water partition coefficient (Wildman–Crippen LogP) is 3.80. The Balaban J connectivity index is 2.81. The van der Waals surface area contributed by atoms with Crippen LogP contribution in [0.1, 0.15) is 52.9 Å². The van der Waals surface area contributed by atoms with Crippen LogP contribution in [0.3, 0.4) is 0 Å². The first-order chi connectivity index (χ1) is 8.12. The second-order valence-electron chi connectivity index (χ2n) is 7.91. The van der Waals surface area contributed by atoms with Crippen molar-refractivity contribution in [2.75, 3.05) is 6.61 Å². The maximum absolute atomic E-state index is 10.9. The SMILES string of the molecule is CC(C)(C)[Si](C)(C)C[C@](O)(CO)C1CCCCC1. The average molecular weight is 273 g/mol. The van der Waals surface area contributed by atoms with Crippen molar-refractivity contribution < 1.29 is 10.2 Å². The van der Waals surface area contributed by atoms with Gasteiger partial charge in [0.15, 0.2) is 0 Å². The maximum Gasteiger partial charge on any atom is 0.0882 e. The largest absolute Gasteiger partial charge is 0.393 e. The summed E-state index contributed by atoms with van der Waals surface area (Å²) in [7, 11) is -1.56. The smallest absolute Gasteiger partial charge is 0.0882 e. The van der Waals surface area contributed by atoms with Gasteiger partial charge in [0.05, 0.1) is 20.3 Å². The van der Waals surface area contributed by atoms with Gasteiger partial charge in [0.25, 0.3) is 0 Å². The minimum atomic E-state index is -1.56. The molecule has 18 heavy (non-hydrogen) atoms. The minimum Gasteiger partial charge on any atom is -0.393 e. The van der Waals surface area contributed by atoms with Gasteiger partial charge < -0.3 is 10.2 Å². The summed E-state index contributed by atoms with van der Waals surface area (Å²) in [5.41, 5.74) is -0.830. The van der Waals surface area contributed by atoms with E-state index in [0.717, 1.165) is 18.9 Å². The maximum atomic E-state index is 10.9. The number of hydrogen-bond acceptors (Lipinski definition) is 2. The topological polar surface area (TPSA) is 40.5 Å². The van der Waals surface area contributed by atoms with Gasteiger partial charge in [0.2, 0.25) is 0 Å². The molecule has 3 heteroatoms. The molecule has 0 saturated heterocycles. The summed E-state index contributed by atoms with van der Waals surface area (Å²) < 4.78 is 0. The van der Waals surface area contributed by atoms with E-state index in [2.05, 4.69) is 33.9 Å². The molecule has 1 saturated carbocycles. The average Bonchev–Trinajstić information content (AvgIpc) is 2.28. The normalized spacial score (nSPS) is 22.8. The fourth-order valence-electron chi connectivity index (χ4n) is 3.00. The standard InChI is InChI=1S/C15H32O2Si/c1-14(2,3)18(4,5)12-15(17,11-16)13-9-7-6-8-10-13/h13,16-17H,6-12H2,1-5H3/t15-/m1/s1. The fourth-order valence-corrected chi connectivity index (χ4v) is 5.46. The van der Waals surface area contributed by atoms with Gasteiger partial charge in [-0.3, -0.25) is 0 Å². The van der Waals surface area contributed by atoms with Crippen LogP contribution < -0.4 is 0 Å². The van der Waals surface area contributed by atoms with Crippen LogP contribution in [0, 0.1) is 5.92 Å². The first-order valence-electron chi connectivity index (χ1n) is 7.46. The second kappa shape index (κ2) is 5.64. The van der Waals surface area contributed by atoms with Gasteiger partial charge in [-0.25, -0.2) is 0 Å². The third-order valence-corrected chi connectivity index (χ3v) is 11.0. The highest BCUT2D eigenvalue weighted by Gasteiger charge is 2.46. The monoisotopic (exact) mass is 272 g/mol. The van der Waals surface area contributed by atoms with Crippen molar-refractivity contribution in [3.05, 3.63) is 0 Å². The Kier molecular flexibility index (Phi) is 5.07. The molecule has 0 bridgehead atoms. The van der Waals surface area contributed by atoms with Crippen molar-refractivity contribution in [1.29, 1.82) is 0 Å². The first-order valence-corrected chi connectivity index (χ1v) is 10.7. The number of rotatable bonds is 4. The van der Waals surface area contributed by atoms with Gasteiger partial charge >= 0.3 is 0 Å². The van der Waals surface area contributed by atoms with Crippen LogP contribution in [0.2, 0.25) is 24.2 Å². The predicted molar refractivity (Wildman–Crippen MR) is 80.6 cm³/mol. The Morgan fingerprint density at radius 2 is 1.56 bits per heavy atom. The molecule has 1 fully saturated rings. The van der Waals surface area contributed by atoms with Crippen LogP contribution >= 0.6 is 0 Å². The highest BCUT2D eigenvalue weighted by atomic mass is 28.3. The minimum absolute atomic E-state index is 0.0653. The lowest BCUT2D eigenvalue weighted by atomic mass is 9.78. The summed E-state index contributed by atoms with van der Waals surface area (Å²) in [4.78, 5) is 0. The summed E-state index contributed by atoms with van der Waals surface area (Å²) in [6.45, 7) is 11.4. The van der Waals surface area contributed by atoms with Gasteiger partial charge in [0, 0.05) is 0 Å². The molecule has 0 unspecified atom stereocenters. The Hall–Kier alpha value is 0.137. The van der Waals surface area contributed by atoms with Gasteiger partial charge in [-0.2, -0.15) is 0 Å². The summed E-state index contributed by atoms with van der Waals surface area (Å²) in [6.07, 6.45) is 5.89. The van der Waals surface area contributed by atoms with Gasteiger partial charge in [-0.15, -0.1) is 0 Å². The molecule has 0 aromatic carbocycles. The lowest BCUT2D eigenvalue weighted by molar-refractivity contribution is -0.0590. The zero-order valence-corrected chi connectivity index (χ0v) is 13.9. The molecule has 0 spiro atoms. The molecule has 2 N–H and O–H groups in total. The molecule has 1 atom stereocenters. The molecule has 0 radical (unpaired) electrons. The molecular formula is C15H32O2Si. The van der Waals surface area contributed by atoms with E-state index in [0.29, 0.717) is 5.92 Å². The van der Waals surface area contributed by atoms with Crippen molar-refractivity contribution in [1.82, 2.24) is 0 Å². The summed E-state index contributed by atoms with van der Waals surface area (Å²) >= 11 is 0. The first kappa shape index (κ1) is 16.2. The highest BCUT2D eigenvalue weighted by molar-refractivity contribution is 6.80. The van der Waals surface area contributed by atoms with Gasteiger partial charge in [0.1, 0.15) is 0 Å². The Labute approximate surface area is 114 Å². The van der Waals surface area contributed by atoms with Crippen LogP contribution in [-0.2, 0) is 0 Å². The molecule has 0 aromatic heterocycles. The van der Waals surface area contributed by atoms with Crippen LogP contribution in [0.15, 0.2) is 0 Å². The molecule has 0 amide bonds. The fraction of sp³-hybridized carbons (Fsp3) is 1.00. The Bertz CT molecular complexity index is 264. The summed E-state index contributed by atoms with van der Waals surface area (Å²) in [5, 5.41) is 20.9. The van der Waals surface area contributed by atoms with E-state index in [4.69, 9.17) is 0 Å². The summed E-state index contributed by atoms with van der Waals surface area (Å²) in [5.74, 6) is 0.311. The molecule has 2 nitrogen and oxygen atoms in total. The zero-order chi connectivity index (χ0) is 14.0. The number of aliphatic hydroxyl groups is 2. The quantitative estimate of drug-likeness (QED) is 0.764. The van der Waals surface area contributed by atoms with E-state index in [1.807, 2.05) is 0 Å². The molecule has 0 heterocycles. The Morgan fingerprint density at radius 1 is 1.06 bits per heavy atom. The second-order valence-corrected chi connectivity index (χ2v) is 13.5. The van der Waals surface area contributed by atoms with E-state index < -0.39 is 13.7 Å². The molecule has 1 rings (SSSR count). The van der Waals surface area contributed by atoms with E-state index in [9.17, 15) is 10.2 Å². The van der Waals surface area contributed by atoms with Crippen LogP contribution in [0.25, 0.3) is 0 Å². The third kappa shape index (κ3) is 3.58. The van der Waals surface area contributed by atoms with E-state index in [-0.39, 0.29) is 11.6 Å². The molecule has 108 valence electrons. The summed E-state index contributed by atoms with van der Waals surface area (Å²) in [6, 6.07) is 0.824. The van der Waals surface area contributed by atoms with Crippen LogP contribution in [0.4, 0.5) is 0 Å². The van der Waals surface area contributed by atoms with E-state index in [1.165, 1.54) is 19.3 Å². The van der Waals surface area contributed by atoms with Crippen LogP contribution in [0.5, 0.6) is 0 Å². The molecule has 1 aliphatic rings. The molecular weight excluding hydrogens is 240 g/mol. The van der Waals surface area contributed by atoms with Crippen molar-refractivity contribution in [2.24, 2.45) is 5.92 Å². The third-order valence-electron chi connectivity index (χ3n) is 5.42. The van der Waals surface area contributed by atoms with E-state index in [1.54, 1.807) is 0 Å². The van der Waals surface area contributed by atoms with Gasteiger partial charge in [-0.1, -0.05) is 53.1 Å². The van der Waals surface area contributed by atoms with Gasteiger partial charge in [-0.05, 0) is 29.8 Å². The number of hydrogen-bond donors (Lipinski definition) is 2. The lowest BCUT2D eigenvalue weighted by Gasteiger charge is -2.46. The van der Waals surface area contributed by atoms with Crippen molar-refractivity contribution >= 4 is 8.07 Å². The highest BCUT2D eigenvalue weighted by Crippen LogP contribution is 2.45. The van der Waals surface area contributed by atoms with Crippen molar-refractivity contribution in [2.45, 2.75) is 82.7 Å². The lowest BCUT2D eigenvalue weighted by Crippen LogP contribution is -2.51.